The number of carboxylic acids is 1. The molecule has 0 fully saturated rings. The van der Waals surface area contributed by atoms with Crippen molar-refractivity contribution in [3.63, 3.8) is 0 Å². The van der Waals surface area contributed by atoms with Crippen LogP contribution in [0.15, 0.2) is 24.3 Å². The number of nitrogens with one attached hydrogen (secondary N) is 2. The lowest BCUT2D eigenvalue weighted by Gasteiger charge is -2.19. The summed E-state index contributed by atoms with van der Waals surface area (Å²) in [4.78, 5) is 36.5. The second-order valence-electron chi connectivity index (χ2n) is 10.4. The SMILES string of the molecule is COCCOCCOCCOCCOCCNC(=O)C(Cc1ccc(OCC(=O)O)cc1)NC(=O)CCOCCOCCOCCOCCN. The van der Waals surface area contributed by atoms with Gasteiger partial charge in [-0.3, -0.25) is 9.59 Å². The largest absolute Gasteiger partial charge is 0.482 e. The van der Waals surface area contributed by atoms with Crippen LogP contribution in [0.25, 0.3) is 0 Å². The van der Waals surface area contributed by atoms with Gasteiger partial charge in [0.15, 0.2) is 6.61 Å². The fourth-order valence-corrected chi connectivity index (χ4v) is 3.86. The molecule has 0 bridgehead atoms. The van der Waals surface area contributed by atoms with E-state index in [1.54, 1.807) is 31.4 Å². The highest BCUT2D eigenvalue weighted by Crippen LogP contribution is 2.14. The van der Waals surface area contributed by atoms with Crippen LogP contribution < -0.4 is 21.1 Å². The predicted molar refractivity (Wildman–Crippen MR) is 180 cm³/mol. The number of benzene rings is 1. The molecule has 1 aromatic carbocycles. The fraction of sp³-hybridized carbons (Fsp3) is 0.727. The molecule has 2 amide bonds. The van der Waals surface area contributed by atoms with E-state index >= 15 is 0 Å². The minimum atomic E-state index is -1.09. The van der Waals surface area contributed by atoms with Crippen LogP contribution in [0.5, 0.6) is 5.75 Å². The van der Waals surface area contributed by atoms with Crippen LogP contribution in [-0.4, -0.2) is 168 Å². The van der Waals surface area contributed by atoms with Gasteiger partial charge in [0.25, 0.3) is 0 Å². The zero-order chi connectivity index (χ0) is 36.3. The van der Waals surface area contributed by atoms with Gasteiger partial charge < -0.3 is 68.8 Å². The molecule has 1 unspecified atom stereocenters. The van der Waals surface area contributed by atoms with E-state index in [0.29, 0.717) is 111 Å². The van der Waals surface area contributed by atoms with E-state index in [9.17, 15) is 14.4 Å². The lowest BCUT2D eigenvalue weighted by Crippen LogP contribution is -2.48. The van der Waals surface area contributed by atoms with E-state index in [1.165, 1.54) is 0 Å². The normalized spacial score (nSPS) is 11.7. The summed E-state index contributed by atoms with van der Waals surface area (Å²) in [5.41, 5.74) is 6.08. The highest BCUT2D eigenvalue weighted by molar-refractivity contribution is 5.87. The molecule has 0 aliphatic rings. The molecule has 0 aliphatic heterocycles. The molecule has 1 rings (SSSR count). The van der Waals surface area contributed by atoms with Crippen molar-refractivity contribution in [3.05, 3.63) is 29.8 Å². The number of rotatable bonds is 36. The molecule has 50 heavy (non-hydrogen) atoms. The van der Waals surface area contributed by atoms with Crippen molar-refractivity contribution >= 4 is 17.8 Å². The molecule has 0 radical (unpaired) electrons. The standard InChI is InChI=1S/C33H57N3O14/c1-41-12-13-45-20-21-49-25-24-48-19-16-44-11-8-35-33(40)30(26-28-2-4-29(5-3-28)50-27-32(38)39)36-31(37)6-9-42-14-17-46-22-23-47-18-15-43-10-7-34/h2-5,30H,6-27,34H2,1H3,(H,35,40)(H,36,37)(H,38,39). The van der Waals surface area contributed by atoms with E-state index in [-0.39, 0.29) is 44.4 Å². The smallest absolute Gasteiger partial charge is 0.341 e. The Bertz CT molecular complexity index is 974. The second-order valence-corrected chi connectivity index (χ2v) is 10.4. The number of carboxylic acid groups (broad SMARTS) is 1. The third-order valence-corrected chi connectivity index (χ3v) is 6.32. The molecule has 0 spiro atoms. The third kappa shape index (κ3) is 27.8. The van der Waals surface area contributed by atoms with Crippen molar-refractivity contribution in [1.29, 1.82) is 0 Å². The Kier molecular flexibility index (Phi) is 29.9. The Balaban J connectivity index is 2.33. The van der Waals surface area contributed by atoms with Crippen molar-refractivity contribution in [2.24, 2.45) is 5.73 Å². The first-order chi connectivity index (χ1) is 24.5. The predicted octanol–water partition coefficient (Wildman–Crippen LogP) is -0.578. The van der Waals surface area contributed by atoms with Crippen molar-refractivity contribution in [3.8, 4) is 5.75 Å². The summed E-state index contributed by atoms with van der Waals surface area (Å²) in [5.74, 6) is -1.45. The summed E-state index contributed by atoms with van der Waals surface area (Å²) in [6.07, 6.45) is 0.247. The van der Waals surface area contributed by atoms with Gasteiger partial charge in [-0.05, 0) is 17.7 Å². The molecule has 0 heterocycles. The van der Waals surface area contributed by atoms with Crippen LogP contribution in [0.3, 0.4) is 0 Å². The van der Waals surface area contributed by atoms with Crippen molar-refractivity contribution in [2.45, 2.75) is 18.9 Å². The van der Waals surface area contributed by atoms with Gasteiger partial charge in [-0.2, -0.15) is 0 Å². The van der Waals surface area contributed by atoms with E-state index in [1.807, 2.05) is 0 Å². The molecule has 0 saturated heterocycles. The first-order valence-electron chi connectivity index (χ1n) is 16.8. The van der Waals surface area contributed by atoms with E-state index < -0.39 is 18.6 Å². The molecular weight excluding hydrogens is 662 g/mol. The molecule has 5 N–H and O–H groups in total. The number of nitrogens with two attached hydrogens (primary N) is 1. The van der Waals surface area contributed by atoms with Crippen molar-refractivity contribution < 1.29 is 66.9 Å². The van der Waals surface area contributed by atoms with E-state index in [2.05, 4.69) is 10.6 Å². The average molecular weight is 720 g/mol. The Morgan fingerprint density at radius 3 is 1.60 bits per heavy atom. The van der Waals surface area contributed by atoms with Crippen LogP contribution in [0.1, 0.15) is 12.0 Å². The molecule has 0 aliphatic carbocycles. The number of hydrogen-bond acceptors (Lipinski definition) is 14. The lowest BCUT2D eigenvalue weighted by atomic mass is 10.0. The average Bonchev–Trinajstić information content (AvgIpc) is 3.11. The van der Waals surface area contributed by atoms with Gasteiger partial charge in [0.2, 0.25) is 11.8 Å². The third-order valence-electron chi connectivity index (χ3n) is 6.32. The number of aliphatic carboxylic acids is 1. The number of amides is 2. The summed E-state index contributed by atoms with van der Waals surface area (Å²) in [6, 6.07) is 5.76. The second kappa shape index (κ2) is 33.2. The zero-order valence-corrected chi connectivity index (χ0v) is 29.3. The molecular formula is C33H57N3O14. The van der Waals surface area contributed by atoms with Gasteiger partial charge in [0.1, 0.15) is 11.8 Å². The Morgan fingerprint density at radius 2 is 1.12 bits per heavy atom. The molecule has 1 atom stereocenters. The topological polar surface area (TPSA) is 214 Å². The van der Waals surface area contributed by atoms with Gasteiger partial charge in [0.05, 0.1) is 112 Å². The van der Waals surface area contributed by atoms with Crippen LogP contribution >= 0.6 is 0 Å². The number of carbonyl (C=O) groups excluding carboxylic acids is 2. The van der Waals surface area contributed by atoms with Gasteiger partial charge in [-0.1, -0.05) is 12.1 Å². The number of ether oxygens (including phenoxy) is 10. The monoisotopic (exact) mass is 719 g/mol. The Hall–Kier alpha value is -2.97. The quantitative estimate of drug-likeness (QED) is 0.0639. The van der Waals surface area contributed by atoms with Gasteiger partial charge in [-0.25, -0.2) is 4.79 Å². The van der Waals surface area contributed by atoms with Gasteiger partial charge >= 0.3 is 5.97 Å². The summed E-state index contributed by atoms with van der Waals surface area (Å²) in [7, 11) is 1.62. The van der Waals surface area contributed by atoms with Crippen LogP contribution in [0.2, 0.25) is 0 Å². The molecule has 288 valence electrons. The van der Waals surface area contributed by atoms with Crippen LogP contribution in [-0.2, 0) is 63.4 Å². The fourth-order valence-electron chi connectivity index (χ4n) is 3.86. The minimum Gasteiger partial charge on any atom is -0.482 e. The van der Waals surface area contributed by atoms with Crippen molar-refractivity contribution in [2.75, 3.05) is 139 Å². The Morgan fingerprint density at radius 1 is 0.660 bits per heavy atom. The first kappa shape index (κ1) is 45.1. The van der Waals surface area contributed by atoms with E-state index in [4.69, 9.17) is 58.2 Å². The number of methoxy groups -OCH3 is 1. The van der Waals surface area contributed by atoms with Crippen LogP contribution in [0.4, 0.5) is 0 Å². The molecule has 17 nitrogen and oxygen atoms in total. The highest BCUT2D eigenvalue weighted by Gasteiger charge is 2.21. The summed E-state index contributed by atoms with van der Waals surface area (Å²) in [5, 5.41) is 14.4. The maximum absolute atomic E-state index is 13.1. The summed E-state index contributed by atoms with van der Waals surface area (Å²) >= 11 is 0. The van der Waals surface area contributed by atoms with Crippen LogP contribution in [0, 0.1) is 0 Å². The summed E-state index contributed by atoms with van der Waals surface area (Å²) < 4.78 is 53.3. The maximum atomic E-state index is 13.1. The summed E-state index contributed by atoms with van der Waals surface area (Å²) in [6.45, 7) is 7.23. The van der Waals surface area contributed by atoms with E-state index in [0.717, 1.165) is 5.56 Å². The lowest BCUT2D eigenvalue weighted by molar-refractivity contribution is -0.139. The maximum Gasteiger partial charge on any atom is 0.341 e. The molecule has 1 aromatic rings. The minimum absolute atomic E-state index is 0.0496. The molecule has 17 heteroatoms. The number of hydrogen-bond donors (Lipinski definition) is 4. The number of carbonyl (C=O) groups is 3. The van der Waals surface area contributed by atoms with Gasteiger partial charge in [0, 0.05) is 33.0 Å². The zero-order valence-electron chi connectivity index (χ0n) is 29.3. The highest BCUT2D eigenvalue weighted by atomic mass is 16.6. The molecule has 0 saturated carbocycles. The van der Waals surface area contributed by atoms with Gasteiger partial charge in [-0.15, -0.1) is 0 Å². The molecule has 0 aromatic heterocycles. The Labute approximate surface area is 294 Å². The van der Waals surface area contributed by atoms with Crippen molar-refractivity contribution in [1.82, 2.24) is 10.6 Å². The first-order valence-corrected chi connectivity index (χ1v) is 16.8.